The molecule has 0 aliphatic heterocycles. The summed E-state index contributed by atoms with van der Waals surface area (Å²) >= 11 is 0. The zero-order valence-electron chi connectivity index (χ0n) is 12.6. The normalized spacial score (nSPS) is 33.5. The number of fused-ring (bicyclic) bond motifs is 2. The highest BCUT2D eigenvalue weighted by molar-refractivity contribution is 5.74. The molecule has 1 heterocycles. The number of amides is 1. The van der Waals surface area contributed by atoms with Crippen LogP contribution in [0.1, 0.15) is 75.9 Å². The topological polar surface area (TPSA) is 68.0 Å². The van der Waals surface area contributed by atoms with Gasteiger partial charge in [-0.2, -0.15) is 4.98 Å². The van der Waals surface area contributed by atoms with Crippen molar-refractivity contribution in [2.75, 3.05) is 0 Å². The van der Waals surface area contributed by atoms with Crippen LogP contribution in [0.3, 0.4) is 0 Å². The standard InChI is InChI=1S/C16H23N3O2/c1-10(20)18-16(6-2-3-7-16)15-17-14(21-19-15)13-9-11-4-5-12(13)8-11/h11-13H,2-9H2,1H3,(H,18,20)/t11-,12-,13+/m0/s1. The summed E-state index contributed by atoms with van der Waals surface area (Å²) in [6.07, 6.45) is 9.28. The van der Waals surface area contributed by atoms with E-state index >= 15 is 0 Å². The summed E-state index contributed by atoms with van der Waals surface area (Å²) in [5.41, 5.74) is -0.384. The monoisotopic (exact) mass is 289 g/mol. The lowest BCUT2D eigenvalue weighted by atomic mass is 9.88. The molecule has 0 radical (unpaired) electrons. The molecule has 0 unspecified atom stereocenters. The van der Waals surface area contributed by atoms with Crippen LogP contribution >= 0.6 is 0 Å². The number of aromatic nitrogens is 2. The molecule has 0 aromatic carbocycles. The Bertz CT molecular complexity index is 547. The van der Waals surface area contributed by atoms with Crippen molar-refractivity contribution in [3.63, 3.8) is 0 Å². The summed E-state index contributed by atoms with van der Waals surface area (Å²) in [6.45, 7) is 1.57. The molecule has 3 aliphatic carbocycles. The van der Waals surface area contributed by atoms with Crippen molar-refractivity contribution in [3.05, 3.63) is 11.7 Å². The first-order chi connectivity index (χ1) is 10.2. The lowest BCUT2D eigenvalue weighted by molar-refractivity contribution is -0.121. The molecule has 2 bridgehead atoms. The average molecular weight is 289 g/mol. The first-order valence-corrected chi connectivity index (χ1v) is 8.29. The summed E-state index contributed by atoms with van der Waals surface area (Å²) in [7, 11) is 0. The average Bonchev–Trinajstić information content (AvgIpc) is 3.22. The lowest BCUT2D eigenvalue weighted by Crippen LogP contribution is -2.43. The summed E-state index contributed by atoms with van der Waals surface area (Å²) in [6, 6.07) is 0. The number of nitrogens with zero attached hydrogens (tertiary/aromatic N) is 2. The van der Waals surface area contributed by atoms with Gasteiger partial charge in [-0.3, -0.25) is 4.79 Å². The van der Waals surface area contributed by atoms with Crippen molar-refractivity contribution in [2.45, 2.75) is 69.7 Å². The zero-order valence-corrected chi connectivity index (χ0v) is 12.6. The van der Waals surface area contributed by atoms with Gasteiger partial charge in [0.05, 0.1) is 0 Å². The largest absolute Gasteiger partial charge is 0.343 e. The van der Waals surface area contributed by atoms with E-state index in [2.05, 4.69) is 10.5 Å². The quantitative estimate of drug-likeness (QED) is 0.929. The van der Waals surface area contributed by atoms with Crippen LogP contribution in [0.5, 0.6) is 0 Å². The molecule has 1 amide bonds. The molecule has 3 fully saturated rings. The van der Waals surface area contributed by atoms with Gasteiger partial charge in [0.15, 0.2) is 5.82 Å². The Balaban J connectivity index is 1.59. The van der Waals surface area contributed by atoms with Gasteiger partial charge in [0, 0.05) is 12.8 Å². The minimum absolute atomic E-state index is 0.0110. The first-order valence-electron chi connectivity index (χ1n) is 8.29. The third-order valence-corrected chi connectivity index (χ3v) is 5.80. The number of nitrogens with one attached hydrogen (secondary N) is 1. The van der Waals surface area contributed by atoms with E-state index in [0.29, 0.717) is 11.7 Å². The second-order valence-electron chi connectivity index (χ2n) is 7.21. The maximum atomic E-state index is 11.5. The van der Waals surface area contributed by atoms with E-state index in [0.717, 1.165) is 43.4 Å². The van der Waals surface area contributed by atoms with E-state index < -0.39 is 0 Å². The van der Waals surface area contributed by atoms with Crippen molar-refractivity contribution in [3.8, 4) is 0 Å². The fourth-order valence-electron chi connectivity index (χ4n) is 4.85. The van der Waals surface area contributed by atoms with Crippen molar-refractivity contribution < 1.29 is 9.32 Å². The third kappa shape index (κ3) is 2.17. The Kier molecular flexibility index (Phi) is 3.05. The maximum absolute atomic E-state index is 11.5. The van der Waals surface area contributed by atoms with E-state index in [1.54, 1.807) is 6.92 Å². The van der Waals surface area contributed by atoms with Gasteiger partial charge in [-0.1, -0.05) is 24.4 Å². The third-order valence-electron chi connectivity index (χ3n) is 5.80. The number of carbonyl (C=O) groups excluding carboxylic acids is 1. The van der Waals surface area contributed by atoms with Crippen LogP contribution in [-0.2, 0) is 10.3 Å². The highest BCUT2D eigenvalue weighted by Gasteiger charge is 2.45. The maximum Gasteiger partial charge on any atom is 0.230 e. The van der Waals surface area contributed by atoms with E-state index in [-0.39, 0.29) is 11.4 Å². The van der Waals surface area contributed by atoms with Gasteiger partial charge in [-0.25, -0.2) is 0 Å². The van der Waals surface area contributed by atoms with E-state index in [1.165, 1.54) is 25.7 Å². The summed E-state index contributed by atoms with van der Waals surface area (Å²) in [5, 5.41) is 7.34. The van der Waals surface area contributed by atoms with Gasteiger partial charge in [0.2, 0.25) is 11.8 Å². The SMILES string of the molecule is CC(=O)NC1(c2noc([C@@H]3C[C@H]4CC[C@H]3C4)n2)CCCC1. The van der Waals surface area contributed by atoms with Crippen LogP contribution in [0, 0.1) is 11.8 Å². The smallest absolute Gasteiger partial charge is 0.230 e. The van der Waals surface area contributed by atoms with Crippen molar-refractivity contribution in [1.29, 1.82) is 0 Å². The fourth-order valence-corrected chi connectivity index (χ4v) is 4.85. The van der Waals surface area contributed by atoms with E-state index in [9.17, 15) is 4.79 Å². The predicted molar refractivity (Wildman–Crippen MR) is 76.4 cm³/mol. The highest BCUT2D eigenvalue weighted by Crippen LogP contribution is 2.52. The predicted octanol–water partition coefficient (Wildman–Crippen LogP) is 2.88. The summed E-state index contributed by atoms with van der Waals surface area (Å²) < 4.78 is 5.61. The second-order valence-corrected chi connectivity index (χ2v) is 7.21. The molecule has 3 saturated carbocycles. The fraction of sp³-hybridized carbons (Fsp3) is 0.812. The molecule has 4 rings (SSSR count). The summed E-state index contributed by atoms with van der Waals surface area (Å²) in [4.78, 5) is 16.3. The Morgan fingerprint density at radius 1 is 1.29 bits per heavy atom. The minimum Gasteiger partial charge on any atom is -0.343 e. The molecule has 5 heteroatoms. The Hall–Kier alpha value is -1.39. The van der Waals surface area contributed by atoms with Crippen LogP contribution in [0.25, 0.3) is 0 Å². The molecule has 5 nitrogen and oxygen atoms in total. The molecule has 3 atom stereocenters. The van der Waals surface area contributed by atoms with Gasteiger partial charge in [0.25, 0.3) is 0 Å². The van der Waals surface area contributed by atoms with E-state index in [4.69, 9.17) is 9.51 Å². The zero-order chi connectivity index (χ0) is 14.4. The van der Waals surface area contributed by atoms with Crippen LogP contribution in [0.4, 0.5) is 0 Å². The van der Waals surface area contributed by atoms with Crippen molar-refractivity contribution >= 4 is 5.91 Å². The Labute approximate surface area is 124 Å². The van der Waals surface area contributed by atoms with Crippen LogP contribution < -0.4 is 5.32 Å². The summed E-state index contributed by atoms with van der Waals surface area (Å²) in [5.74, 6) is 3.57. The van der Waals surface area contributed by atoms with Gasteiger partial charge in [-0.15, -0.1) is 0 Å². The van der Waals surface area contributed by atoms with Gasteiger partial charge >= 0.3 is 0 Å². The minimum atomic E-state index is -0.384. The molecular weight excluding hydrogens is 266 g/mol. The van der Waals surface area contributed by atoms with Crippen molar-refractivity contribution in [2.24, 2.45) is 11.8 Å². The molecule has 21 heavy (non-hydrogen) atoms. The second kappa shape index (κ2) is 4.82. The molecule has 1 aromatic heterocycles. The lowest BCUT2D eigenvalue weighted by Gasteiger charge is -2.26. The number of hydrogen-bond acceptors (Lipinski definition) is 4. The van der Waals surface area contributed by atoms with E-state index in [1.807, 2.05) is 0 Å². The Morgan fingerprint density at radius 2 is 2.10 bits per heavy atom. The van der Waals surface area contributed by atoms with Crippen LogP contribution in [-0.4, -0.2) is 16.0 Å². The van der Waals surface area contributed by atoms with Crippen LogP contribution in [0.15, 0.2) is 4.52 Å². The Morgan fingerprint density at radius 3 is 2.71 bits per heavy atom. The molecule has 1 N–H and O–H groups in total. The number of hydrogen-bond donors (Lipinski definition) is 1. The molecular formula is C16H23N3O2. The molecule has 1 aromatic rings. The number of carbonyl (C=O) groups is 1. The molecule has 3 aliphatic rings. The van der Waals surface area contributed by atoms with Crippen molar-refractivity contribution in [1.82, 2.24) is 15.5 Å². The van der Waals surface area contributed by atoms with Gasteiger partial charge < -0.3 is 9.84 Å². The van der Waals surface area contributed by atoms with Crippen LogP contribution in [0.2, 0.25) is 0 Å². The van der Waals surface area contributed by atoms with Gasteiger partial charge in [0.1, 0.15) is 5.54 Å². The highest BCUT2D eigenvalue weighted by atomic mass is 16.5. The number of rotatable bonds is 3. The molecule has 0 saturated heterocycles. The molecule has 114 valence electrons. The molecule has 0 spiro atoms. The first kappa shape index (κ1) is 13.3. The van der Waals surface area contributed by atoms with Gasteiger partial charge in [-0.05, 0) is 43.9 Å².